The predicted molar refractivity (Wildman–Crippen MR) is 117 cm³/mol. The monoisotopic (exact) mass is 424 g/mol. The van der Waals surface area contributed by atoms with Crippen LogP contribution in [0.3, 0.4) is 0 Å². The fraction of sp³-hybridized carbons (Fsp3) is 0.375. The molecule has 0 fully saturated rings. The maximum Gasteiger partial charge on any atom is 0.407 e. The highest BCUT2D eigenvalue weighted by Crippen LogP contribution is 2.44. The van der Waals surface area contributed by atoms with E-state index in [0.29, 0.717) is 6.42 Å². The Morgan fingerprint density at radius 2 is 1.52 bits per heavy atom. The average Bonchev–Trinajstić information content (AvgIpc) is 3.08. The van der Waals surface area contributed by atoms with Crippen LogP contribution in [0.4, 0.5) is 4.79 Å². The van der Waals surface area contributed by atoms with Crippen LogP contribution in [0.5, 0.6) is 0 Å². The van der Waals surface area contributed by atoms with Crippen molar-refractivity contribution in [3.63, 3.8) is 0 Å². The Hall–Kier alpha value is -3.35. The van der Waals surface area contributed by atoms with E-state index in [-0.39, 0.29) is 18.4 Å². The van der Waals surface area contributed by atoms with E-state index in [1.807, 2.05) is 43.3 Å². The molecule has 1 unspecified atom stereocenters. The first-order valence-electron chi connectivity index (χ1n) is 10.5. The van der Waals surface area contributed by atoms with Crippen molar-refractivity contribution < 1.29 is 24.2 Å². The maximum absolute atomic E-state index is 12.4. The van der Waals surface area contributed by atoms with Crippen LogP contribution in [-0.2, 0) is 14.3 Å². The van der Waals surface area contributed by atoms with E-state index >= 15 is 0 Å². The van der Waals surface area contributed by atoms with Gasteiger partial charge in [0.25, 0.3) is 0 Å². The molecule has 2 amide bonds. The third-order valence-corrected chi connectivity index (χ3v) is 5.85. The van der Waals surface area contributed by atoms with Gasteiger partial charge in [-0.05, 0) is 35.1 Å². The number of carbonyl (C=O) groups is 3. The molecular formula is C24H28N2O5. The van der Waals surface area contributed by atoms with E-state index in [4.69, 9.17) is 4.74 Å². The van der Waals surface area contributed by atoms with Gasteiger partial charge in [0.15, 0.2) is 0 Å². The van der Waals surface area contributed by atoms with Crippen molar-refractivity contribution in [1.29, 1.82) is 0 Å². The number of alkyl carbamates (subject to hydrolysis) is 1. The minimum Gasteiger partial charge on any atom is -0.480 e. The van der Waals surface area contributed by atoms with Gasteiger partial charge in [-0.25, -0.2) is 9.59 Å². The molecule has 3 N–H and O–H groups in total. The molecule has 0 radical (unpaired) electrons. The molecule has 3 atom stereocenters. The Morgan fingerprint density at radius 1 is 0.968 bits per heavy atom. The third-order valence-electron chi connectivity index (χ3n) is 5.85. The number of carboxylic acids is 1. The summed E-state index contributed by atoms with van der Waals surface area (Å²) in [6.45, 7) is 5.24. The first kappa shape index (κ1) is 22.3. The topological polar surface area (TPSA) is 105 Å². The highest BCUT2D eigenvalue weighted by Gasteiger charge is 2.30. The minimum atomic E-state index is -1.10. The molecule has 1 aliphatic rings. The van der Waals surface area contributed by atoms with Crippen LogP contribution < -0.4 is 10.6 Å². The SMILES string of the molecule is CCC(C)[C@H](NC(=O)[C@H](C)NC(=O)OCC1c2ccccc2-c2ccccc21)C(=O)O. The van der Waals surface area contributed by atoms with Crippen molar-refractivity contribution >= 4 is 18.0 Å². The Labute approximate surface area is 181 Å². The van der Waals surface area contributed by atoms with Crippen molar-refractivity contribution in [2.45, 2.75) is 45.2 Å². The second-order valence-electron chi connectivity index (χ2n) is 7.90. The molecule has 3 rings (SSSR count). The number of benzene rings is 2. The van der Waals surface area contributed by atoms with E-state index < -0.39 is 30.1 Å². The van der Waals surface area contributed by atoms with Crippen LogP contribution in [-0.4, -0.2) is 41.8 Å². The van der Waals surface area contributed by atoms with Gasteiger partial charge in [-0.1, -0.05) is 68.8 Å². The largest absolute Gasteiger partial charge is 0.480 e. The van der Waals surface area contributed by atoms with Gasteiger partial charge < -0.3 is 20.5 Å². The van der Waals surface area contributed by atoms with Crippen molar-refractivity contribution in [2.24, 2.45) is 5.92 Å². The van der Waals surface area contributed by atoms with Gasteiger partial charge in [0, 0.05) is 5.92 Å². The smallest absolute Gasteiger partial charge is 0.407 e. The molecule has 0 saturated carbocycles. The second kappa shape index (κ2) is 9.64. The lowest BCUT2D eigenvalue weighted by Gasteiger charge is -2.22. The molecule has 0 aliphatic heterocycles. The van der Waals surface area contributed by atoms with Crippen LogP contribution in [0.15, 0.2) is 48.5 Å². The first-order valence-corrected chi connectivity index (χ1v) is 10.5. The van der Waals surface area contributed by atoms with Gasteiger partial charge in [-0.15, -0.1) is 0 Å². The molecule has 0 aromatic heterocycles. The molecule has 31 heavy (non-hydrogen) atoms. The van der Waals surface area contributed by atoms with Crippen LogP contribution in [0.2, 0.25) is 0 Å². The van der Waals surface area contributed by atoms with Crippen LogP contribution in [0.1, 0.15) is 44.2 Å². The zero-order valence-corrected chi connectivity index (χ0v) is 17.9. The molecule has 0 bridgehead atoms. The highest BCUT2D eigenvalue weighted by atomic mass is 16.5. The fourth-order valence-electron chi connectivity index (χ4n) is 3.84. The lowest BCUT2D eigenvalue weighted by Crippen LogP contribution is -2.52. The molecule has 0 saturated heterocycles. The minimum absolute atomic E-state index is 0.0796. The third kappa shape index (κ3) is 4.87. The molecule has 7 heteroatoms. The number of nitrogens with one attached hydrogen (secondary N) is 2. The molecule has 2 aromatic rings. The zero-order valence-electron chi connectivity index (χ0n) is 17.9. The summed E-state index contributed by atoms with van der Waals surface area (Å²) in [5.41, 5.74) is 4.45. The van der Waals surface area contributed by atoms with E-state index in [1.165, 1.54) is 6.92 Å². The summed E-state index contributed by atoms with van der Waals surface area (Å²) < 4.78 is 5.44. The zero-order chi connectivity index (χ0) is 22.5. The Kier molecular flexibility index (Phi) is 6.95. The van der Waals surface area contributed by atoms with E-state index in [0.717, 1.165) is 22.3 Å². The number of amides is 2. The molecular weight excluding hydrogens is 396 g/mol. The lowest BCUT2D eigenvalue weighted by atomic mass is 9.98. The molecule has 164 valence electrons. The predicted octanol–water partition coefficient (Wildman–Crippen LogP) is 3.53. The van der Waals surface area contributed by atoms with Crippen molar-refractivity contribution in [3.05, 3.63) is 59.7 Å². The van der Waals surface area contributed by atoms with Gasteiger partial charge in [-0.3, -0.25) is 4.79 Å². The lowest BCUT2D eigenvalue weighted by molar-refractivity contribution is -0.143. The van der Waals surface area contributed by atoms with Gasteiger partial charge in [-0.2, -0.15) is 0 Å². The quantitative estimate of drug-likeness (QED) is 0.601. The number of fused-ring (bicyclic) bond motifs is 3. The Morgan fingerprint density at radius 3 is 2.03 bits per heavy atom. The van der Waals surface area contributed by atoms with E-state index in [2.05, 4.69) is 22.8 Å². The summed E-state index contributed by atoms with van der Waals surface area (Å²) >= 11 is 0. The molecule has 0 heterocycles. The number of hydrogen-bond acceptors (Lipinski definition) is 4. The van der Waals surface area contributed by atoms with Gasteiger partial charge in [0.05, 0.1) is 0 Å². The standard InChI is InChI=1S/C24H28N2O5/c1-4-14(2)21(23(28)29)26-22(27)15(3)25-24(30)31-13-20-18-11-7-5-9-16(18)17-10-6-8-12-19(17)20/h5-12,14-15,20-21H,4,13H2,1-3H3,(H,25,30)(H,26,27)(H,28,29)/t14?,15-,21-/m0/s1. The van der Waals surface area contributed by atoms with Crippen molar-refractivity contribution in [1.82, 2.24) is 10.6 Å². The van der Waals surface area contributed by atoms with Gasteiger partial charge in [0.2, 0.25) is 5.91 Å². The van der Waals surface area contributed by atoms with Crippen LogP contribution in [0.25, 0.3) is 11.1 Å². The molecule has 0 spiro atoms. The average molecular weight is 424 g/mol. The number of aliphatic carboxylic acids is 1. The first-order chi connectivity index (χ1) is 14.8. The summed E-state index contributed by atoms with van der Waals surface area (Å²) in [5, 5.41) is 14.3. The van der Waals surface area contributed by atoms with Gasteiger partial charge in [0.1, 0.15) is 18.7 Å². The summed E-state index contributed by atoms with van der Waals surface area (Å²) in [5.74, 6) is -1.98. The number of carbonyl (C=O) groups excluding carboxylic acids is 2. The Bertz CT molecular complexity index is 928. The van der Waals surface area contributed by atoms with Gasteiger partial charge >= 0.3 is 12.1 Å². The van der Waals surface area contributed by atoms with Crippen molar-refractivity contribution in [2.75, 3.05) is 6.61 Å². The van der Waals surface area contributed by atoms with Crippen LogP contribution in [0, 0.1) is 5.92 Å². The Balaban J connectivity index is 1.59. The second-order valence-corrected chi connectivity index (χ2v) is 7.90. The van der Waals surface area contributed by atoms with E-state index in [9.17, 15) is 19.5 Å². The number of carboxylic acid groups (broad SMARTS) is 1. The number of hydrogen-bond donors (Lipinski definition) is 3. The number of rotatable bonds is 8. The maximum atomic E-state index is 12.4. The fourth-order valence-corrected chi connectivity index (χ4v) is 3.84. The highest BCUT2D eigenvalue weighted by molar-refractivity contribution is 5.89. The summed E-state index contributed by atoms with van der Waals surface area (Å²) in [6, 6.07) is 14.1. The van der Waals surface area contributed by atoms with Crippen molar-refractivity contribution in [3.8, 4) is 11.1 Å². The summed E-state index contributed by atoms with van der Waals surface area (Å²) in [6.07, 6.45) is -0.120. The molecule has 2 aromatic carbocycles. The molecule has 1 aliphatic carbocycles. The summed E-state index contributed by atoms with van der Waals surface area (Å²) in [7, 11) is 0. The number of ether oxygens (including phenoxy) is 1. The molecule has 7 nitrogen and oxygen atoms in total. The normalized spacial score (nSPS) is 15.2. The van der Waals surface area contributed by atoms with E-state index in [1.54, 1.807) is 6.92 Å². The summed E-state index contributed by atoms with van der Waals surface area (Å²) in [4.78, 5) is 36.1. The van der Waals surface area contributed by atoms with Crippen LogP contribution >= 0.6 is 0 Å².